The van der Waals surface area contributed by atoms with Crippen LogP contribution in [0.3, 0.4) is 0 Å². The van der Waals surface area contributed by atoms with Crippen molar-refractivity contribution < 1.29 is 24.3 Å². The van der Waals surface area contributed by atoms with Crippen LogP contribution in [0.2, 0.25) is 0 Å². The molecule has 12 heteroatoms. The van der Waals surface area contributed by atoms with E-state index in [1.165, 1.54) is 144 Å². The van der Waals surface area contributed by atoms with Gasteiger partial charge in [0.15, 0.2) is 0 Å². The maximum atomic E-state index is 8.95. The van der Waals surface area contributed by atoms with Gasteiger partial charge < -0.3 is 24.3 Å². The molecule has 0 spiro atoms. The third-order valence-electron chi connectivity index (χ3n) is 11.6. The molecule has 0 bridgehead atoms. The first kappa shape index (κ1) is 60.4. The van der Waals surface area contributed by atoms with Crippen molar-refractivity contribution in [2.45, 2.75) is 144 Å². The first-order valence-electron chi connectivity index (χ1n) is 25.5. The Balaban J connectivity index is 0.000000288. The summed E-state index contributed by atoms with van der Waals surface area (Å²) in [5, 5.41) is 17.9. The number of ether oxygens (including phenoxy) is 3. The zero-order valence-electron chi connectivity index (χ0n) is 41.5. The minimum atomic E-state index is -1.40. The maximum absolute atomic E-state index is 8.95. The highest BCUT2D eigenvalue weighted by atomic mass is 79.9. The first-order chi connectivity index (χ1) is 34.3. The molecule has 5 nitrogen and oxygen atoms in total. The predicted octanol–water partition coefficient (Wildman–Crippen LogP) is 20.0. The molecular formula is C59H77BBr2O5S4. The van der Waals surface area contributed by atoms with Gasteiger partial charge in [-0.2, -0.15) is 0 Å². The summed E-state index contributed by atoms with van der Waals surface area (Å²) in [7, 11) is -1.40. The molecule has 0 aliphatic rings. The Kier molecular flexibility index (Phi) is 30.5. The summed E-state index contributed by atoms with van der Waals surface area (Å²) in [6.07, 6.45) is 22.9. The smallest absolute Gasteiger partial charge is 0.488 e. The Morgan fingerprint density at radius 1 is 0.352 bits per heavy atom. The Morgan fingerprint density at radius 3 is 0.944 bits per heavy atom. The van der Waals surface area contributed by atoms with Crippen LogP contribution in [0.25, 0.3) is 40.4 Å². The SMILES string of the molecule is Brc1ccc(-c2ccc(Br)s2)s1.C.CCCCCCCCOc1ccc(-c2ccc(-c3ccc(-c4ccc(OCCCCCCCC)cc4)s3)s2)cc1.CCCCCCCCOc1ccc(B(O)O)cc1. The van der Waals surface area contributed by atoms with E-state index in [2.05, 4.69) is 150 Å². The van der Waals surface area contributed by atoms with Crippen LogP contribution < -0.4 is 19.7 Å². The van der Waals surface area contributed by atoms with Crippen molar-refractivity contribution in [3.05, 3.63) is 129 Å². The molecule has 0 saturated carbocycles. The van der Waals surface area contributed by atoms with Crippen molar-refractivity contribution in [1.29, 1.82) is 0 Å². The standard InChI is InChI=1S/C36H46O2S2.C14H23BO3.C8H4Br2S2.CH4/c1-3-5-7-9-11-13-27-37-31-19-15-29(16-20-31)33-23-25-35(39-33)36-26-24-34(40-36)30-17-21-32(22-18-30)38-28-14-12-10-8-6-4-2;1-2-3-4-5-6-7-12-18-14-10-8-13(9-11-14)15(16)17;9-7-3-1-5(11-7)6-2-4-8(10)12-6;/h15-26H,3-14,27-28H2,1-2H3;8-11,16-17H,2-7,12H2,1H3;1-4H;1H4. The van der Waals surface area contributed by atoms with Gasteiger partial charge in [0, 0.05) is 29.3 Å². The van der Waals surface area contributed by atoms with Gasteiger partial charge in [0.25, 0.3) is 0 Å². The zero-order chi connectivity index (χ0) is 49.6. The average Bonchev–Trinajstić information content (AvgIpc) is 4.23. The molecule has 0 radical (unpaired) electrons. The third kappa shape index (κ3) is 23.3. The summed E-state index contributed by atoms with van der Waals surface area (Å²) in [5.41, 5.74) is 2.98. The van der Waals surface area contributed by atoms with Gasteiger partial charge in [-0.25, -0.2) is 0 Å². The summed E-state index contributed by atoms with van der Waals surface area (Å²) in [6, 6.07) is 41.4. The summed E-state index contributed by atoms with van der Waals surface area (Å²) in [6.45, 7) is 9.09. The van der Waals surface area contributed by atoms with Crippen molar-refractivity contribution in [2.24, 2.45) is 0 Å². The van der Waals surface area contributed by atoms with Crippen LogP contribution in [0, 0.1) is 0 Å². The van der Waals surface area contributed by atoms with E-state index in [4.69, 9.17) is 24.3 Å². The Bertz CT molecular complexity index is 2270. The largest absolute Gasteiger partial charge is 0.494 e. The highest BCUT2D eigenvalue weighted by Crippen LogP contribution is 2.41. The Labute approximate surface area is 460 Å². The van der Waals surface area contributed by atoms with E-state index < -0.39 is 7.12 Å². The fourth-order valence-corrected chi connectivity index (χ4v) is 12.5. The fourth-order valence-electron chi connectivity index (χ4n) is 7.53. The van der Waals surface area contributed by atoms with Crippen molar-refractivity contribution in [2.75, 3.05) is 19.8 Å². The van der Waals surface area contributed by atoms with Crippen molar-refractivity contribution in [3.63, 3.8) is 0 Å². The zero-order valence-corrected chi connectivity index (χ0v) is 47.9. The van der Waals surface area contributed by atoms with Crippen LogP contribution in [-0.2, 0) is 0 Å². The monoisotopic (exact) mass is 1160 g/mol. The lowest BCUT2D eigenvalue weighted by molar-refractivity contribution is 0.304. The number of hydrogen-bond donors (Lipinski definition) is 2. The quantitative estimate of drug-likeness (QED) is 0.0361. The molecule has 0 saturated heterocycles. The lowest BCUT2D eigenvalue weighted by Gasteiger charge is -2.07. The molecule has 7 aromatic rings. The van der Waals surface area contributed by atoms with E-state index in [1.807, 2.05) is 22.7 Å². The van der Waals surface area contributed by atoms with E-state index >= 15 is 0 Å². The van der Waals surface area contributed by atoms with Crippen LogP contribution in [0.5, 0.6) is 17.2 Å². The summed E-state index contributed by atoms with van der Waals surface area (Å²) in [4.78, 5) is 7.84. The lowest BCUT2D eigenvalue weighted by Crippen LogP contribution is -2.29. The van der Waals surface area contributed by atoms with Crippen LogP contribution in [0.15, 0.2) is 129 Å². The normalized spacial score (nSPS) is 10.7. The number of halogens is 2. The van der Waals surface area contributed by atoms with Gasteiger partial charge in [0.2, 0.25) is 0 Å². The van der Waals surface area contributed by atoms with Gasteiger partial charge in [0.1, 0.15) is 17.2 Å². The molecule has 4 heterocycles. The first-order valence-corrected chi connectivity index (χ1v) is 30.4. The van der Waals surface area contributed by atoms with Gasteiger partial charge in [-0.3, -0.25) is 0 Å². The van der Waals surface area contributed by atoms with Crippen LogP contribution in [0.1, 0.15) is 144 Å². The molecule has 0 fully saturated rings. The van der Waals surface area contributed by atoms with Crippen LogP contribution in [0.4, 0.5) is 0 Å². The highest BCUT2D eigenvalue weighted by Gasteiger charge is 2.11. The second-order valence-corrected chi connectivity index (χ2v) is 24.5. The van der Waals surface area contributed by atoms with Crippen molar-refractivity contribution in [3.8, 4) is 57.6 Å². The van der Waals surface area contributed by atoms with Crippen molar-refractivity contribution in [1.82, 2.24) is 0 Å². The van der Waals surface area contributed by atoms with Gasteiger partial charge in [-0.05, 0) is 177 Å². The number of rotatable bonds is 29. The summed E-state index contributed by atoms with van der Waals surface area (Å²) >= 11 is 14.1. The van der Waals surface area contributed by atoms with Crippen LogP contribution >= 0.6 is 77.2 Å². The van der Waals surface area contributed by atoms with E-state index in [-0.39, 0.29) is 7.43 Å². The molecule has 384 valence electrons. The van der Waals surface area contributed by atoms with E-state index in [0.29, 0.717) is 5.46 Å². The molecule has 0 amide bonds. The van der Waals surface area contributed by atoms with Gasteiger partial charge in [-0.1, -0.05) is 137 Å². The van der Waals surface area contributed by atoms with E-state index in [1.54, 1.807) is 46.9 Å². The molecule has 2 N–H and O–H groups in total. The Hall–Kier alpha value is -3.20. The molecule has 0 atom stereocenters. The van der Waals surface area contributed by atoms with Gasteiger partial charge >= 0.3 is 7.12 Å². The molecule has 4 aromatic heterocycles. The van der Waals surface area contributed by atoms with Crippen molar-refractivity contribution >= 4 is 89.8 Å². The van der Waals surface area contributed by atoms with E-state index in [0.717, 1.165) is 56.3 Å². The number of hydrogen-bond acceptors (Lipinski definition) is 9. The number of unbranched alkanes of at least 4 members (excludes halogenated alkanes) is 15. The lowest BCUT2D eigenvalue weighted by atomic mass is 9.80. The second-order valence-electron chi connectivity index (χ2n) is 17.4. The Morgan fingerprint density at radius 2 is 0.634 bits per heavy atom. The minimum Gasteiger partial charge on any atom is -0.494 e. The minimum absolute atomic E-state index is 0. The molecule has 3 aromatic carbocycles. The number of benzene rings is 3. The molecule has 0 aliphatic heterocycles. The van der Waals surface area contributed by atoms with E-state index in [9.17, 15) is 0 Å². The summed E-state index contributed by atoms with van der Waals surface area (Å²) < 4.78 is 19.9. The summed E-state index contributed by atoms with van der Waals surface area (Å²) in [5.74, 6) is 2.72. The fraction of sp³-hybridized carbons (Fsp3) is 0.424. The molecule has 71 heavy (non-hydrogen) atoms. The predicted molar refractivity (Wildman–Crippen MR) is 321 cm³/mol. The molecule has 0 aliphatic carbocycles. The second kappa shape index (κ2) is 35.9. The molecule has 7 rings (SSSR count). The average molecular weight is 1170 g/mol. The van der Waals surface area contributed by atoms with Gasteiger partial charge in [0.05, 0.1) is 27.4 Å². The van der Waals surface area contributed by atoms with Gasteiger partial charge in [-0.15, -0.1) is 45.3 Å². The molecule has 0 unspecified atom stereocenters. The maximum Gasteiger partial charge on any atom is 0.488 e. The topological polar surface area (TPSA) is 68.2 Å². The highest BCUT2D eigenvalue weighted by molar-refractivity contribution is 9.11. The molecular weight excluding hydrogens is 1090 g/mol. The third-order valence-corrected chi connectivity index (χ3v) is 17.5. The number of thiophene rings is 4. The van der Waals surface area contributed by atoms with Crippen LogP contribution in [-0.4, -0.2) is 37.0 Å².